The van der Waals surface area contributed by atoms with Gasteiger partial charge in [-0.05, 0) is 37.3 Å². The summed E-state index contributed by atoms with van der Waals surface area (Å²) < 4.78 is 0. The number of aromatic nitrogens is 1. The summed E-state index contributed by atoms with van der Waals surface area (Å²) in [6, 6.07) is 1.37. The number of hydrogen-bond acceptors (Lipinski definition) is 7. The van der Waals surface area contributed by atoms with E-state index in [9.17, 15) is 33.9 Å². The first-order valence-electron chi connectivity index (χ1n) is 13.6. The normalized spacial score (nSPS) is 16.8. The lowest BCUT2D eigenvalue weighted by Crippen LogP contribution is -2.57. The molecule has 0 aliphatic carbocycles. The van der Waals surface area contributed by atoms with Gasteiger partial charge in [-0.1, -0.05) is 33.3 Å². The maximum Gasteiger partial charge on any atom is 0.405 e. The number of nitrogens with one attached hydrogen (secondary N) is 5. The highest BCUT2D eigenvalue weighted by molar-refractivity contribution is 6.07. The summed E-state index contributed by atoms with van der Waals surface area (Å²) in [6.45, 7) is 6.36. The van der Waals surface area contributed by atoms with Gasteiger partial charge in [0.2, 0.25) is 23.6 Å². The van der Waals surface area contributed by atoms with Gasteiger partial charge in [-0.25, -0.2) is 4.79 Å². The second-order valence-corrected chi connectivity index (χ2v) is 10.2. The third-order valence-corrected chi connectivity index (χ3v) is 6.39. The zero-order chi connectivity index (χ0) is 29.7. The molecule has 1 aliphatic heterocycles. The number of rotatable bonds is 16. The molecule has 6 N–H and O–H groups in total. The van der Waals surface area contributed by atoms with Crippen LogP contribution in [-0.4, -0.2) is 76.8 Å². The number of carboxylic acid groups (broad SMARTS) is 1. The summed E-state index contributed by atoms with van der Waals surface area (Å²) in [7, 11) is 0. The predicted molar refractivity (Wildman–Crippen MR) is 145 cm³/mol. The minimum absolute atomic E-state index is 0.0508. The fraction of sp³-hybridized carbons (Fsp3) is 0.593. The van der Waals surface area contributed by atoms with E-state index in [0.29, 0.717) is 18.8 Å². The van der Waals surface area contributed by atoms with Crippen LogP contribution in [0.5, 0.6) is 0 Å². The standard InChI is InChI=1S/C27H40N6O7/c1-4-5-10-29-22(34)15-19(23(35)18-9-12-30-24(18)36)31-25(37)20(13-16(2)3)32-26(38)21(33-27(39)40)14-17-8-6-7-11-28-17/h6-8,11,16,18-21,33H,4-5,9-10,12-15H2,1-3H3,(H,29,34)(H,30,36)(H,31,37)(H,32,38)(H,39,40)/t18-,19-,20-,21-/m0/s1. The molecule has 1 saturated heterocycles. The smallest absolute Gasteiger partial charge is 0.405 e. The highest BCUT2D eigenvalue weighted by atomic mass is 16.4. The number of carbonyl (C=O) groups is 6. The molecule has 220 valence electrons. The molecule has 1 aliphatic rings. The maximum atomic E-state index is 13.4. The minimum Gasteiger partial charge on any atom is -0.465 e. The molecule has 0 saturated carbocycles. The van der Waals surface area contributed by atoms with Gasteiger partial charge < -0.3 is 31.7 Å². The lowest BCUT2D eigenvalue weighted by Gasteiger charge is -2.26. The highest BCUT2D eigenvalue weighted by Crippen LogP contribution is 2.15. The number of Topliss-reactive ketones (excluding diaryl/α,β-unsaturated/α-hetero) is 1. The van der Waals surface area contributed by atoms with Crippen LogP contribution in [0.25, 0.3) is 0 Å². The second kappa shape index (κ2) is 16.2. The molecule has 1 aromatic heterocycles. The van der Waals surface area contributed by atoms with Crippen LogP contribution in [0.15, 0.2) is 24.4 Å². The van der Waals surface area contributed by atoms with Gasteiger partial charge in [-0.3, -0.25) is 29.0 Å². The molecule has 1 fully saturated rings. The van der Waals surface area contributed by atoms with E-state index in [1.807, 2.05) is 20.8 Å². The minimum atomic E-state index is -1.42. The van der Waals surface area contributed by atoms with Crippen molar-refractivity contribution >= 4 is 35.5 Å². The lowest BCUT2D eigenvalue weighted by atomic mass is 9.93. The van der Waals surface area contributed by atoms with E-state index in [1.54, 1.807) is 18.2 Å². The van der Waals surface area contributed by atoms with Gasteiger partial charge >= 0.3 is 6.09 Å². The monoisotopic (exact) mass is 560 g/mol. The van der Waals surface area contributed by atoms with E-state index < -0.39 is 59.5 Å². The van der Waals surface area contributed by atoms with Crippen LogP contribution in [0, 0.1) is 11.8 Å². The van der Waals surface area contributed by atoms with E-state index in [4.69, 9.17) is 0 Å². The first-order chi connectivity index (χ1) is 19.0. The number of unbranched alkanes of at least 4 members (excludes halogenated alkanes) is 1. The van der Waals surface area contributed by atoms with Gasteiger partial charge in [-0.15, -0.1) is 0 Å². The summed E-state index contributed by atoms with van der Waals surface area (Å²) in [4.78, 5) is 80.0. The molecule has 13 nitrogen and oxygen atoms in total. The van der Waals surface area contributed by atoms with Crippen molar-refractivity contribution in [2.24, 2.45) is 11.8 Å². The molecular weight excluding hydrogens is 520 g/mol. The third kappa shape index (κ3) is 10.6. The Bertz CT molecular complexity index is 1050. The number of amides is 5. The number of nitrogens with zero attached hydrogens (tertiary/aromatic N) is 1. The first kappa shape index (κ1) is 32.2. The Kier molecular flexibility index (Phi) is 13.0. The first-order valence-corrected chi connectivity index (χ1v) is 13.6. The van der Waals surface area contributed by atoms with E-state index >= 15 is 0 Å². The average molecular weight is 561 g/mol. The lowest BCUT2D eigenvalue weighted by molar-refractivity contribution is -0.138. The van der Waals surface area contributed by atoms with Gasteiger partial charge in [0.25, 0.3) is 0 Å². The molecule has 0 bridgehead atoms. The van der Waals surface area contributed by atoms with Crippen molar-refractivity contribution < 1.29 is 33.9 Å². The summed E-state index contributed by atoms with van der Waals surface area (Å²) in [5, 5.41) is 21.9. The summed E-state index contributed by atoms with van der Waals surface area (Å²) in [5.41, 5.74) is 0.468. The average Bonchev–Trinajstić information content (AvgIpc) is 3.33. The highest BCUT2D eigenvalue weighted by Gasteiger charge is 2.38. The van der Waals surface area contributed by atoms with Gasteiger partial charge in [0.05, 0.1) is 12.5 Å². The molecule has 0 unspecified atom stereocenters. The molecule has 0 radical (unpaired) electrons. The summed E-state index contributed by atoms with van der Waals surface area (Å²) in [6.07, 6.45) is 1.72. The SMILES string of the molecule is CCCCNC(=O)C[C@H](NC(=O)[C@H](CC(C)C)NC(=O)[C@H](Cc1ccccn1)NC(=O)O)C(=O)[C@@H]1CCNC1=O. The van der Waals surface area contributed by atoms with Crippen molar-refractivity contribution in [2.45, 2.75) is 77.4 Å². The van der Waals surface area contributed by atoms with E-state index in [2.05, 4.69) is 31.6 Å². The molecular formula is C27H40N6O7. The Morgan fingerprint density at radius 2 is 1.75 bits per heavy atom. The summed E-state index contributed by atoms with van der Waals surface area (Å²) >= 11 is 0. The second-order valence-electron chi connectivity index (χ2n) is 10.2. The van der Waals surface area contributed by atoms with E-state index in [0.717, 1.165) is 12.8 Å². The maximum absolute atomic E-state index is 13.4. The van der Waals surface area contributed by atoms with Crippen molar-refractivity contribution in [1.29, 1.82) is 0 Å². The largest absolute Gasteiger partial charge is 0.465 e. The van der Waals surface area contributed by atoms with Gasteiger partial charge in [-0.2, -0.15) is 0 Å². The van der Waals surface area contributed by atoms with Gasteiger partial charge in [0, 0.05) is 31.4 Å². The number of pyridine rings is 1. The molecule has 0 spiro atoms. The molecule has 1 aromatic rings. The zero-order valence-electron chi connectivity index (χ0n) is 23.2. The van der Waals surface area contributed by atoms with Gasteiger partial charge in [0.1, 0.15) is 18.0 Å². The Morgan fingerprint density at radius 3 is 2.33 bits per heavy atom. The molecule has 5 amide bonds. The van der Waals surface area contributed by atoms with Crippen molar-refractivity contribution in [2.75, 3.05) is 13.1 Å². The van der Waals surface area contributed by atoms with Crippen LogP contribution in [0.2, 0.25) is 0 Å². The van der Waals surface area contributed by atoms with E-state index in [1.165, 1.54) is 6.20 Å². The fourth-order valence-corrected chi connectivity index (χ4v) is 4.33. The predicted octanol–water partition coefficient (Wildman–Crippen LogP) is 0.288. The van der Waals surface area contributed by atoms with Crippen molar-refractivity contribution in [3.63, 3.8) is 0 Å². The van der Waals surface area contributed by atoms with Crippen LogP contribution in [0.4, 0.5) is 4.79 Å². The van der Waals surface area contributed by atoms with E-state index in [-0.39, 0.29) is 31.6 Å². The van der Waals surface area contributed by atoms with Gasteiger partial charge in [0.15, 0.2) is 5.78 Å². The van der Waals surface area contributed by atoms with Crippen LogP contribution >= 0.6 is 0 Å². The van der Waals surface area contributed by atoms with Crippen molar-refractivity contribution in [3.05, 3.63) is 30.1 Å². The molecule has 2 heterocycles. The third-order valence-electron chi connectivity index (χ3n) is 6.39. The molecule has 4 atom stereocenters. The molecule has 0 aromatic carbocycles. The molecule has 13 heteroatoms. The Labute approximate surface area is 233 Å². The molecule has 40 heavy (non-hydrogen) atoms. The van der Waals surface area contributed by atoms with Crippen molar-refractivity contribution in [3.8, 4) is 0 Å². The quantitative estimate of drug-likeness (QED) is 0.122. The topological polar surface area (TPSA) is 196 Å². The van der Waals surface area contributed by atoms with Crippen molar-refractivity contribution in [1.82, 2.24) is 31.6 Å². The van der Waals surface area contributed by atoms with Crippen LogP contribution in [0.1, 0.15) is 58.6 Å². The Balaban J connectivity index is 2.21. The van der Waals surface area contributed by atoms with Crippen LogP contribution in [-0.2, 0) is 30.4 Å². The number of ketones is 1. The Morgan fingerprint density at radius 1 is 1.05 bits per heavy atom. The van der Waals surface area contributed by atoms with Crippen LogP contribution in [0.3, 0.4) is 0 Å². The Hall–Kier alpha value is -4.03. The van der Waals surface area contributed by atoms with Crippen LogP contribution < -0.4 is 26.6 Å². The zero-order valence-corrected chi connectivity index (χ0v) is 23.2. The number of carbonyl (C=O) groups excluding carboxylic acids is 5. The number of hydrogen-bond donors (Lipinski definition) is 6. The summed E-state index contributed by atoms with van der Waals surface area (Å²) in [5.74, 6) is -4.00. The molecule has 2 rings (SSSR count). The fourth-order valence-electron chi connectivity index (χ4n) is 4.33.